The fourth-order valence-electron chi connectivity index (χ4n) is 3.94. The third-order valence-corrected chi connectivity index (χ3v) is 4.94. The van der Waals surface area contributed by atoms with E-state index in [1.54, 1.807) is 6.07 Å². The summed E-state index contributed by atoms with van der Waals surface area (Å²) in [7, 11) is 0. The lowest BCUT2D eigenvalue weighted by atomic mass is 9.87. The van der Waals surface area contributed by atoms with Crippen LogP contribution in [0.3, 0.4) is 0 Å². The van der Waals surface area contributed by atoms with E-state index >= 15 is 0 Å². The van der Waals surface area contributed by atoms with Gasteiger partial charge in [0.1, 0.15) is 17.2 Å². The van der Waals surface area contributed by atoms with Crippen molar-refractivity contribution < 1.29 is 14.2 Å². The van der Waals surface area contributed by atoms with Crippen LogP contribution in [-0.4, -0.2) is 34.2 Å². The lowest BCUT2D eigenvalue weighted by Gasteiger charge is -2.38. The maximum Gasteiger partial charge on any atom is 0.126 e. The molecule has 1 aromatic rings. The Hall–Kier alpha value is -1.13. The number of fused-ring (bicyclic) bond motifs is 1. The molecular formula is C16H20FNO2. The van der Waals surface area contributed by atoms with Gasteiger partial charge in [-0.25, -0.2) is 4.39 Å². The number of aliphatic hydroxyl groups is 1. The van der Waals surface area contributed by atoms with Gasteiger partial charge >= 0.3 is 0 Å². The van der Waals surface area contributed by atoms with Crippen LogP contribution < -0.4 is 4.74 Å². The van der Waals surface area contributed by atoms with Crippen molar-refractivity contribution >= 4 is 0 Å². The highest BCUT2D eigenvalue weighted by Crippen LogP contribution is 2.47. The summed E-state index contributed by atoms with van der Waals surface area (Å²) >= 11 is 0. The molecule has 1 aromatic carbocycles. The first-order valence-electron chi connectivity index (χ1n) is 7.49. The monoisotopic (exact) mass is 277 g/mol. The molecular weight excluding hydrogens is 257 g/mol. The lowest BCUT2D eigenvalue weighted by Crippen LogP contribution is -2.44. The molecule has 2 fully saturated rings. The summed E-state index contributed by atoms with van der Waals surface area (Å²) in [6, 6.07) is 5.65. The van der Waals surface area contributed by atoms with E-state index in [2.05, 4.69) is 11.8 Å². The van der Waals surface area contributed by atoms with Crippen LogP contribution in [-0.2, 0) is 0 Å². The van der Waals surface area contributed by atoms with Crippen LogP contribution in [0.4, 0.5) is 4.39 Å². The summed E-state index contributed by atoms with van der Waals surface area (Å²) in [6.07, 6.45) is 3.45. The third kappa shape index (κ3) is 1.93. The molecule has 3 aliphatic rings. The largest absolute Gasteiger partial charge is 0.485 e. The predicted octanol–water partition coefficient (Wildman–Crippen LogP) is 2.64. The third-order valence-electron chi connectivity index (χ3n) is 4.94. The number of benzene rings is 1. The molecule has 4 heteroatoms. The number of nitrogens with zero attached hydrogens (tertiary/aromatic N) is 1. The molecule has 1 spiro atoms. The Morgan fingerprint density at radius 1 is 1.35 bits per heavy atom. The van der Waals surface area contributed by atoms with Gasteiger partial charge in [0.2, 0.25) is 0 Å². The van der Waals surface area contributed by atoms with Gasteiger partial charge in [-0.15, -0.1) is 0 Å². The minimum absolute atomic E-state index is 0.299. The topological polar surface area (TPSA) is 32.7 Å². The maximum absolute atomic E-state index is 13.3. The smallest absolute Gasteiger partial charge is 0.126 e. The van der Waals surface area contributed by atoms with Gasteiger partial charge in [0, 0.05) is 37.0 Å². The van der Waals surface area contributed by atoms with E-state index in [-0.39, 0.29) is 11.4 Å². The van der Waals surface area contributed by atoms with E-state index in [1.165, 1.54) is 25.0 Å². The molecule has 3 atom stereocenters. The van der Waals surface area contributed by atoms with Gasteiger partial charge in [0.25, 0.3) is 0 Å². The molecule has 2 heterocycles. The van der Waals surface area contributed by atoms with Crippen molar-refractivity contribution in [2.24, 2.45) is 0 Å². The minimum Gasteiger partial charge on any atom is -0.485 e. The molecule has 2 aliphatic heterocycles. The summed E-state index contributed by atoms with van der Waals surface area (Å²) in [6.45, 7) is 3.12. The van der Waals surface area contributed by atoms with E-state index in [0.29, 0.717) is 29.8 Å². The SMILES string of the molecule is CC1CC2(C[C@@H](O)c3cc(F)ccc3O2)CN1C1CC1. The minimum atomic E-state index is -0.624. The Balaban J connectivity index is 1.64. The van der Waals surface area contributed by atoms with Gasteiger partial charge in [-0.2, -0.15) is 0 Å². The number of halogens is 1. The van der Waals surface area contributed by atoms with Gasteiger partial charge in [-0.05, 0) is 38.0 Å². The Kier molecular flexibility index (Phi) is 2.63. The molecule has 3 nitrogen and oxygen atoms in total. The highest BCUT2D eigenvalue weighted by molar-refractivity contribution is 5.39. The zero-order valence-corrected chi connectivity index (χ0v) is 11.7. The molecule has 1 N–H and O–H groups in total. The van der Waals surface area contributed by atoms with Gasteiger partial charge < -0.3 is 9.84 Å². The second-order valence-electron chi connectivity index (χ2n) is 6.64. The standard InChI is InChI=1S/C16H20FNO2/c1-10-7-16(9-18(10)12-3-4-12)8-14(19)13-6-11(17)2-5-15(13)20-16/h2,5-6,10,12,14,19H,3-4,7-9H2,1H3/t10?,14-,16?/m1/s1. The molecule has 1 aliphatic carbocycles. The Bertz CT molecular complexity index is 545. The number of rotatable bonds is 1. The van der Waals surface area contributed by atoms with Crippen LogP contribution in [0.5, 0.6) is 5.75 Å². The Labute approximate surface area is 118 Å². The first-order valence-corrected chi connectivity index (χ1v) is 7.49. The molecule has 108 valence electrons. The van der Waals surface area contributed by atoms with Crippen molar-refractivity contribution in [2.75, 3.05) is 6.54 Å². The van der Waals surface area contributed by atoms with E-state index in [0.717, 1.165) is 13.0 Å². The van der Waals surface area contributed by atoms with E-state index in [1.807, 2.05) is 0 Å². The average Bonchev–Trinajstić information content (AvgIpc) is 3.17. The first kappa shape index (κ1) is 12.6. The van der Waals surface area contributed by atoms with Crippen LogP contribution in [0.25, 0.3) is 0 Å². The van der Waals surface area contributed by atoms with Crippen molar-refractivity contribution in [2.45, 2.75) is 56.4 Å². The fraction of sp³-hybridized carbons (Fsp3) is 0.625. The lowest BCUT2D eigenvalue weighted by molar-refractivity contribution is -0.00798. The molecule has 2 unspecified atom stereocenters. The molecule has 0 radical (unpaired) electrons. The van der Waals surface area contributed by atoms with Crippen LogP contribution in [0.15, 0.2) is 18.2 Å². The average molecular weight is 277 g/mol. The van der Waals surface area contributed by atoms with Crippen molar-refractivity contribution in [3.8, 4) is 5.75 Å². The zero-order chi connectivity index (χ0) is 13.9. The maximum atomic E-state index is 13.3. The van der Waals surface area contributed by atoms with Gasteiger partial charge in [0.15, 0.2) is 0 Å². The van der Waals surface area contributed by atoms with Crippen molar-refractivity contribution in [3.05, 3.63) is 29.6 Å². The molecule has 20 heavy (non-hydrogen) atoms. The summed E-state index contributed by atoms with van der Waals surface area (Å²) < 4.78 is 19.5. The number of hydrogen-bond acceptors (Lipinski definition) is 3. The number of ether oxygens (including phenoxy) is 1. The van der Waals surface area contributed by atoms with E-state index in [4.69, 9.17) is 4.74 Å². The highest BCUT2D eigenvalue weighted by atomic mass is 19.1. The Morgan fingerprint density at radius 2 is 2.15 bits per heavy atom. The van der Waals surface area contributed by atoms with E-state index < -0.39 is 6.10 Å². The summed E-state index contributed by atoms with van der Waals surface area (Å²) in [4.78, 5) is 2.52. The fourth-order valence-corrected chi connectivity index (χ4v) is 3.94. The molecule has 0 bridgehead atoms. The predicted molar refractivity (Wildman–Crippen MR) is 73.1 cm³/mol. The van der Waals surface area contributed by atoms with Gasteiger partial charge in [-0.3, -0.25) is 4.90 Å². The van der Waals surface area contributed by atoms with Crippen LogP contribution in [0.1, 0.15) is 44.3 Å². The number of aliphatic hydroxyl groups excluding tert-OH is 1. The van der Waals surface area contributed by atoms with Crippen LogP contribution in [0, 0.1) is 5.82 Å². The quantitative estimate of drug-likeness (QED) is 0.856. The van der Waals surface area contributed by atoms with Crippen molar-refractivity contribution in [1.82, 2.24) is 4.90 Å². The Morgan fingerprint density at radius 3 is 2.90 bits per heavy atom. The summed E-state index contributed by atoms with van der Waals surface area (Å²) in [5.41, 5.74) is 0.292. The molecule has 1 saturated heterocycles. The molecule has 4 rings (SSSR count). The highest BCUT2D eigenvalue weighted by Gasteiger charge is 2.51. The number of likely N-dealkylation sites (tertiary alicyclic amines) is 1. The second kappa shape index (κ2) is 4.18. The van der Waals surface area contributed by atoms with Crippen molar-refractivity contribution in [1.29, 1.82) is 0 Å². The molecule has 1 saturated carbocycles. The zero-order valence-electron chi connectivity index (χ0n) is 11.7. The first-order chi connectivity index (χ1) is 9.56. The summed E-state index contributed by atoms with van der Waals surface area (Å²) in [5.74, 6) is 0.330. The van der Waals surface area contributed by atoms with Crippen LogP contribution in [0.2, 0.25) is 0 Å². The van der Waals surface area contributed by atoms with Gasteiger partial charge in [-0.1, -0.05) is 0 Å². The molecule has 0 amide bonds. The molecule has 0 aromatic heterocycles. The second-order valence-corrected chi connectivity index (χ2v) is 6.64. The number of hydrogen-bond donors (Lipinski definition) is 1. The van der Waals surface area contributed by atoms with Crippen LogP contribution >= 0.6 is 0 Å². The summed E-state index contributed by atoms with van der Waals surface area (Å²) in [5, 5.41) is 10.4. The van der Waals surface area contributed by atoms with Crippen molar-refractivity contribution in [3.63, 3.8) is 0 Å². The van der Waals surface area contributed by atoms with E-state index in [9.17, 15) is 9.50 Å². The normalized spacial score (nSPS) is 37.0. The van der Waals surface area contributed by atoms with Gasteiger partial charge in [0.05, 0.1) is 6.10 Å².